The molecule has 0 aliphatic carbocycles. The van der Waals surface area contributed by atoms with E-state index in [4.69, 9.17) is 10.5 Å². The maximum atomic E-state index is 5.95. The van der Waals surface area contributed by atoms with Crippen LogP contribution in [-0.4, -0.2) is 44.8 Å². The summed E-state index contributed by atoms with van der Waals surface area (Å²) in [6.07, 6.45) is 0.910. The van der Waals surface area contributed by atoms with E-state index < -0.39 is 0 Å². The average Bonchev–Trinajstić information content (AvgIpc) is 2.59. The van der Waals surface area contributed by atoms with Crippen LogP contribution in [0.3, 0.4) is 0 Å². The molecule has 130 valence electrons. The lowest BCUT2D eigenvalue weighted by atomic mass is 10.1. The highest BCUT2D eigenvalue weighted by Crippen LogP contribution is 2.22. The third kappa shape index (κ3) is 5.09. The van der Waals surface area contributed by atoms with Gasteiger partial charge in [-0.2, -0.15) is 0 Å². The molecule has 1 aromatic heterocycles. The molecule has 0 aliphatic heterocycles. The minimum absolute atomic E-state index is 0.457. The quantitative estimate of drug-likeness (QED) is 0.441. The van der Waals surface area contributed by atoms with Crippen LogP contribution in [0.15, 0.2) is 35.3 Å². The van der Waals surface area contributed by atoms with Crippen molar-refractivity contribution in [2.24, 2.45) is 10.7 Å². The first-order valence-corrected chi connectivity index (χ1v) is 8.29. The molecule has 2 aromatic rings. The molecular weight excluding hydrogens is 302 g/mol. The number of ether oxygens (including phenoxy) is 1. The minimum atomic E-state index is 0.457. The van der Waals surface area contributed by atoms with Gasteiger partial charge in [-0.15, -0.1) is 0 Å². The zero-order chi connectivity index (χ0) is 17.4. The van der Waals surface area contributed by atoms with Crippen molar-refractivity contribution < 1.29 is 4.74 Å². The summed E-state index contributed by atoms with van der Waals surface area (Å²) in [6, 6.07) is 10.2. The Labute approximate surface area is 143 Å². The molecule has 0 bridgehead atoms. The zero-order valence-corrected chi connectivity index (χ0v) is 14.7. The van der Waals surface area contributed by atoms with E-state index in [0.29, 0.717) is 12.5 Å². The van der Waals surface area contributed by atoms with Crippen LogP contribution in [0.1, 0.15) is 18.9 Å². The number of pyridine rings is 1. The van der Waals surface area contributed by atoms with Gasteiger partial charge in [-0.3, -0.25) is 0 Å². The molecule has 24 heavy (non-hydrogen) atoms. The molecule has 1 aromatic carbocycles. The molecule has 0 aliphatic rings. The molecule has 1 heterocycles. The molecule has 0 unspecified atom stereocenters. The number of guanidine groups is 1. The van der Waals surface area contributed by atoms with Gasteiger partial charge in [0.05, 0.1) is 12.1 Å². The summed E-state index contributed by atoms with van der Waals surface area (Å²) in [6.45, 7) is 4.75. The van der Waals surface area contributed by atoms with Gasteiger partial charge in [0, 0.05) is 39.2 Å². The van der Waals surface area contributed by atoms with Crippen LogP contribution < -0.4 is 16.0 Å². The Morgan fingerprint density at radius 2 is 2.12 bits per heavy atom. The van der Waals surface area contributed by atoms with Crippen molar-refractivity contribution >= 4 is 22.7 Å². The van der Waals surface area contributed by atoms with Gasteiger partial charge in [-0.25, -0.2) is 9.98 Å². The second kappa shape index (κ2) is 9.08. The Hall–Kier alpha value is -2.34. The number of benzene rings is 1. The van der Waals surface area contributed by atoms with Gasteiger partial charge in [-0.05, 0) is 31.0 Å². The standard InChI is InChI=1S/C18H27N5O/c1-4-24-11-7-10-20-18(19)21-13-14-12-17(23(2)3)22-16-9-6-5-8-15(14)16/h5-6,8-9,12H,4,7,10-11,13H2,1-3H3,(H3,19,20,21). The van der Waals surface area contributed by atoms with E-state index in [9.17, 15) is 0 Å². The number of anilines is 1. The molecule has 0 atom stereocenters. The van der Waals surface area contributed by atoms with Crippen LogP contribution in [0.5, 0.6) is 0 Å². The number of aromatic nitrogens is 1. The Balaban J connectivity index is 2.06. The van der Waals surface area contributed by atoms with Crippen molar-refractivity contribution in [2.45, 2.75) is 19.9 Å². The monoisotopic (exact) mass is 329 g/mol. The average molecular weight is 329 g/mol. The van der Waals surface area contributed by atoms with Gasteiger partial charge in [0.1, 0.15) is 5.82 Å². The second-order valence-corrected chi connectivity index (χ2v) is 5.73. The summed E-state index contributed by atoms with van der Waals surface area (Å²) in [5.74, 6) is 1.38. The molecule has 3 N–H and O–H groups in total. The molecule has 6 heteroatoms. The van der Waals surface area contributed by atoms with Gasteiger partial charge in [0.2, 0.25) is 0 Å². The molecule has 2 rings (SSSR count). The molecule has 0 saturated carbocycles. The van der Waals surface area contributed by atoms with Gasteiger partial charge in [0.15, 0.2) is 5.96 Å². The Bertz CT molecular complexity index is 684. The summed E-state index contributed by atoms with van der Waals surface area (Å²) >= 11 is 0. The Morgan fingerprint density at radius 1 is 1.33 bits per heavy atom. The van der Waals surface area contributed by atoms with E-state index in [2.05, 4.69) is 27.4 Å². The second-order valence-electron chi connectivity index (χ2n) is 5.73. The summed E-state index contributed by atoms with van der Waals surface area (Å²) in [4.78, 5) is 11.1. The van der Waals surface area contributed by atoms with Crippen molar-refractivity contribution in [3.63, 3.8) is 0 Å². The van der Waals surface area contributed by atoms with Crippen molar-refractivity contribution in [3.8, 4) is 0 Å². The SMILES string of the molecule is CCOCCCNC(N)=NCc1cc(N(C)C)nc2ccccc12. The number of para-hydroxylation sites is 1. The van der Waals surface area contributed by atoms with Crippen molar-refractivity contribution in [1.29, 1.82) is 0 Å². The molecular formula is C18H27N5O. The number of nitrogens with two attached hydrogens (primary N) is 1. The highest BCUT2D eigenvalue weighted by molar-refractivity contribution is 5.84. The van der Waals surface area contributed by atoms with Crippen LogP contribution in [0.2, 0.25) is 0 Å². The molecule has 0 fully saturated rings. The maximum absolute atomic E-state index is 5.95. The number of rotatable bonds is 8. The summed E-state index contributed by atoms with van der Waals surface area (Å²) in [5, 5.41) is 4.23. The van der Waals surface area contributed by atoms with E-state index in [-0.39, 0.29) is 0 Å². The summed E-state index contributed by atoms with van der Waals surface area (Å²) in [5.41, 5.74) is 8.03. The molecule has 0 spiro atoms. The number of hydrogen-bond acceptors (Lipinski definition) is 4. The number of nitrogens with one attached hydrogen (secondary N) is 1. The highest BCUT2D eigenvalue weighted by atomic mass is 16.5. The Kier molecular flexibility index (Phi) is 6.81. The number of hydrogen-bond donors (Lipinski definition) is 2. The van der Waals surface area contributed by atoms with E-state index >= 15 is 0 Å². The third-order valence-electron chi connectivity index (χ3n) is 3.64. The summed E-state index contributed by atoms with van der Waals surface area (Å²) < 4.78 is 5.30. The zero-order valence-electron chi connectivity index (χ0n) is 14.7. The molecule has 6 nitrogen and oxygen atoms in total. The highest BCUT2D eigenvalue weighted by Gasteiger charge is 2.06. The van der Waals surface area contributed by atoms with Gasteiger partial charge in [0.25, 0.3) is 0 Å². The predicted octanol–water partition coefficient (Wildman–Crippen LogP) is 2.13. The minimum Gasteiger partial charge on any atom is -0.382 e. The van der Waals surface area contributed by atoms with Crippen LogP contribution in [0.25, 0.3) is 10.9 Å². The Morgan fingerprint density at radius 3 is 2.88 bits per heavy atom. The van der Waals surface area contributed by atoms with E-state index in [1.807, 2.05) is 44.1 Å². The maximum Gasteiger partial charge on any atom is 0.188 e. The van der Waals surface area contributed by atoms with E-state index in [0.717, 1.165) is 48.5 Å². The van der Waals surface area contributed by atoms with Crippen molar-refractivity contribution in [2.75, 3.05) is 38.8 Å². The number of nitrogens with zero attached hydrogens (tertiary/aromatic N) is 3. The van der Waals surface area contributed by atoms with Crippen molar-refractivity contribution in [3.05, 3.63) is 35.9 Å². The fourth-order valence-corrected chi connectivity index (χ4v) is 2.35. The lowest BCUT2D eigenvalue weighted by Gasteiger charge is -2.14. The van der Waals surface area contributed by atoms with E-state index in [1.54, 1.807) is 0 Å². The van der Waals surface area contributed by atoms with Crippen LogP contribution in [0, 0.1) is 0 Å². The molecule has 0 saturated heterocycles. The van der Waals surface area contributed by atoms with Crippen LogP contribution in [-0.2, 0) is 11.3 Å². The predicted molar refractivity (Wildman–Crippen MR) is 101 cm³/mol. The van der Waals surface area contributed by atoms with Crippen molar-refractivity contribution in [1.82, 2.24) is 10.3 Å². The molecule has 0 amide bonds. The summed E-state index contributed by atoms with van der Waals surface area (Å²) in [7, 11) is 3.97. The van der Waals surface area contributed by atoms with Crippen LogP contribution in [0.4, 0.5) is 5.82 Å². The van der Waals surface area contributed by atoms with Crippen LogP contribution >= 0.6 is 0 Å². The largest absolute Gasteiger partial charge is 0.382 e. The number of aliphatic imine (C=N–C) groups is 1. The topological polar surface area (TPSA) is 75.8 Å². The third-order valence-corrected chi connectivity index (χ3v) is 3.64. The molecule has 0 radical (unpaired) electrons. The lowest BCUT2D eigenvalue weighted by molar-refractivity contribution is 0.145. The smallest absolute Gasteiger partial charge is 0.188 e. The first-order valence-electron chi connectivity index (χ1n) is 8.29. The fraction of sp³-hybridized carbons (Fsp3) is 0.444. The number of fused-ring (bicyclic) bond motifs is 1. The normalized spacial score (nSPS) is 11.7. The first-order chi connectivity index (χ1) is 11.6. The van der Waals surface area contributed by atoms with E-state index in [1.165, 1.54) is 0 Å². The lowest BCUT2D eigenvalue weighted by Crippen LogP contribution is -2.32. The van der Waals surface area contributed by atoms with Gasteiger partial charge in [-0.1, -0.05) is 18.2 Å². The van der Waals surface area contributed by atoms with Gasteiger partial charge >= 0.3 is 0 Å². The first kappa shape index (κ1) is 18.0. The fourth-order valence-electron chi connectivity index (χ4n) is 2.35. The van der Waals surface area contributed by atoms with Gasteiger partial charge < -0.3 is 20.7 Å².